The summed E-state index contributed by atoms with van der Waals surface area (Å²) in [6.07, 6.45) is 0.894. The van der Waals surface area contributed by atoms with Gasteiger partial charge in [0.25, 0.3) is 0 Å². The van der Waals surface area contributed by atoms with Gasteiger partial charge in [-0.3, -0.25) is 10.8 Å². The van der Waals surface area contributed by atoms with Crippen LogP contribution in [0.5, 0.6) is 0 Å². The lowest BCUT2D eigenvalue weighted by Crippen LogP contribution is -2.41. The Bertz CT molecular complexity index is 258. The van der Waals surface area contributed by atoms with Gasteiger partial charge >= 0.3 is 0 Å². The highest BCUT2D eigenvalue weighted by molar-refractivity contribution is 5.75. The molecule has 0 heterocycles. The second-order valence-electron chi connectivity index (χ2n) is 2.68. The number of hydrazine groups is 1. The standard InChI is InChI=1S/C9H14N4/c10-9(13-11)12-7-6-8-4-2-1-3-5-8/h1-5H,6-7,11H2,(H3,10,12,13). The minimum atomic E-state index is 0.149. The van der Waals surface area contributed by atoms with Crippen molar-refractivity contribution in [2.75, 3.05) is 6.54 Å². The molecule has 0 saturated heterocycles. The second-order valence-corrected chi connectivity index (χ2v) is 2.68. The fourth-order valence-electron chi connectivity index (χ4n) is 1.03. The lowest BCUT2D eigenvalue weighted by molar-refractivity contribution is 0.812. The van der Waals surface area contributed by atoms with Crippen LogP contribution in [-0.4, -0.2) is 12.5 Å². The fraction of sp³-hybridized carbons (Fsp3) is 0.222. The molecule has 0 unspecified atom stereocenters. The zero-order chi connectivity index (χ0) is 9.52. The van der Waals surface area contributed by atoms with Crippen LogP contribution in [-0.2, 0) is 6.42 Å². The van der Waals surface area contributed by atoms with Crippen LogP contribution in [0, 0.1) is 5.41 Å². The summed E-state index contributed by atoms with van der Waals surface area (Å²) in [5, 5.41) is 9.98. The number of rotatable bonds is 3. The molecule has 0 aliphatic rings. The van der Waals surface area contributed by atoms with E-state index in [0.717, 1.165) is 6.42 Å². The Balaban J connectivity index is 2.24. The predicted molar refractivity (Wildman–Crippen MR) is 53.2 cm³/mol. The van der Waals surface area contributed by atoms with Crippen LogP contribution < -0.4 is 16.6 Å². The highest BCUT2D eigenvalue weighted by Crippen LogP contribution is 1.97. The molecule has 0 aliphatic heterocycles. The van der Waals surface area contributed by atoms with Crippen molar-refractivity contribution < 1.29 is 0 Å². The summed E-state index contributed by atoms with van der Waals surface area (Å²) in [6, 6.07) is 10.1. The minimum absolute atomic E-state index is 0.149. The second kappa shape index (κ2) is 5.16. The number of guanidine groups is 1. The summed E-state index contributed by atoms with van der Waals surface area (Å²) < 4.78 is 0. The average Bonchev–Trinajstić information content (AvgIpc) is 2.19. The van der Waals surface area contributed by atoms with Gasteiger partial charge in [-0.25, -0.2) is 5.84 Å². The minimum Gasteiger partial charge on any atom is -0.355 e. The Kier molecular flexibility index (Phi) is 3.78. The Hall–Kier alpha value is -1.55. The van der Waals surface area contributed by atoms with Crippen LogP contribution in [0.4, 0.5) is 0 Å². The Labute approximate surface area is 77.6 Å². The first-order valence-electron chi connectivity index (χ1n) is 4.16. The van der Waals surface area contributed by atoms with Gasteiger partial charge in [0.1, 0.15) is 0 Å². The number of nitrogens with one attached hydrogen (secondary N) is 3. The van der Waals surface area contributed by atoms with E-state index in [2.05, 4.69) is 22.9 Å². The molecule has 4 nitrogen and oxygen atoms in total. The zero-order valence-corrected chi connectivity index (χ0v) is 7.38. The van der Waals surface area contributed by atoms with Crippen molar-refractivity contribution in [3.63, 3.8) is 0 Å². The molecular formula is C9H14N4. The number of benzene rings is 1. The van der Waals surface area contributed by atoms with Crippen molar-refractivity contribution in [2.45, 2.75) is 6.42 Å². The van der Waals surface area contributed by atoms with E-state index in [0.29, 0.717) is 6.54 Å². The van der Waals surface area contributed by atoms with Crippen LogP contribution in [0.15, 0.2) is 30.3 Å². The van der Waals surface area contributed by atoms with E-state index in [1.54, 1.807) is 0 Å². The first kappa shape index (κ1) is 9.54. The van der Waals surface area contributed by atoms with Gasteiger partial charge in [0.15, 0.2) is 0 Å². The van der Waals surface area contributed by atoms with Gasteiger partial charge in [0.2, 0.25) is 5.96 Å². The van der Waals surface area contributed by atoms with Gasteiger partial charge < -0.3 is 5.32 Å². The van der Waals surface area contributed by atoms with Gasteiger partial charge in [-0.05, 0) is 12.0 Å². The highest BCUT2D eigenvalue weighted by Gasteiger charge is 1.92. The monoisotopic (exact) mass is 178 g/mol. The summed E-state index contributed by atoms with van der Waals surface area (Å²) in [5.74, 6) is 5.16. The largest absolute Gasteiger partial charge is 0.355 e. The number of hydrogen-bond donors (Lipinski definition) is 4. The third-order valence-corrected chi connectivity index (χ3v) is 1.70. The maximum absolute atomic E-state index is 7.16. The van der Waals surface area contributed by atoms with E-state index in [1.807, 2.05) is 18.2 Å². The number of hydrogen-bond acceptors (Lipinski definition) is 2. The molecule has 70 valence electrons. The normalized spacial score (nSPS) is 9.31. The van der Waals surface area contributed by atoms with E-state index >= 15 is 0 Å². The van der Waals surface area contributed by atoms with Crippen LogP contribution in [0.2, 0.25) is 0 Å². The van der Waals surface area contributed by atoms with Gasteiger partial charge in [-0.2, -0.15) is 0 Å². The molecule has 4 heteroatoms. The van der Waals surface area contributed by atoms with Crippen molar-refractivity contribution in [2.24, 2.45) is 5.84 Å². The van der Waals surface area contributed by atoms with E-state index < -0.39 is 0 Å². The molecule has 1 aromatic rings. The molecule has 13 heavy (non-hydrogen) atoms. The maximum atomic E-state index is 7.16. The maximum Gasteiger partial charge on any atom is 0.202 e. The summed E-state index contributed by atoms with van der Waals surface area (Å²) in [5.41, 5.74) is 3.47. The van der Waals surface area contributed by atoms with Crippen LogP contribution in [0.25, 0.3) is 0 Å². The van der Waals surface area contributed by atoms with Crippen LogP contribution in [0.3, 0.4) is 0 Å². The third kappa shape index (κ3) is 3.57. The van der Waals surface area contributed by atoms with Gasteiger partial charge in [-0.1, -0.05) is 30.3 Å². The molecule has 0 fully saturated rings. The highest BCUT2D eigenvalue weighted by atomic mass is 15.3. The Morgan fingerprint density at radius 2 is 2.00 bits per heavy atom. The third-order valence-electron chi connectivity index (χ3n) is 1.70. The Morgan fingerprint density at radius 3 is 2.62 bits per heavy atom. The van der Waals surface area contributed by atoms with E-state index in [-0.39, 0.29) is 5.96 Å². The molecule has 0 atom stereocenters. The summed E-state index contributed by atoms with van der Waals surface area (Å²) in [4.78, 5) is 0. The zero-order valence-electron chi connectivity index (χ0n) is 7.38. The van der Waals surface area contributed by atoms with Gasteiger partial charge in [0.05, 0.1) is 0 Å². The van der Waals surface area contributed by atoms with Gasteiger partial charge in [-0.15, -0.1) is 0 Å². The number of nitrogens with two attached hydrogens (primary N) is 1. The SMILES string of the molecule is N=C(NN)NCCc1ccccc1. The Morgan fingerprint density at radius 1 is 1.31 bits per heavy atom. The smallest absolute Gasteiger partial charge is 0.202 e. The molecule has 1 aromatic carbocycles. The van der Waals surface area contributed by atoms with E-state index in [4.69, 9.17) is 11.3 Å². The molecule has 0 aliphatic carbocycles. The first-order valence-corrected chi connectivity index (χ1v) is 4.16. The molecule has 0 amide bonds. The van der Waals surface area contributed by atoms with Crippen LogP contribution in [0.1, 0.15) is 5.56 Å². The van der Waals surface area contributed by atoms with Crippen molar-refractivity contribution >= 4 is 5.96 Å². The van der Waals surface area contributed by atoms with Gasteiger partial charge in [0, 0.05) is 6.54 Å². The first-order chi connectivity index (χ1) is 6.33. The topological polar surface area (TPSA) is 73.9 Å². The molecule has 0 bridgehead atoms. The summed E-state index contributed by atoms with van der Waals surface area (Å²) in [7, 11) is 0. The molecule has 0 spiro atoms. The molecular weight excluding hydrogens is 164 g/mol. The lowest BCUT2D eigenvalue weighted by atomic mass is 10.1. The molecule has 5 N–H and O–H groups in total. The van der Waals surface area contributed by atoms with Crippen molar-refractivity contribution in [3.8, 4) is 0 Å². The average molecular weight is 178 g/mol. The lowest BCUT2D eigenvalue weighted by Gasteiger charge is -2.05. The fourth-order valence-corrected chi connectivity index (χ4v) is 1.03. The van der Waals surface area contributed by atoms with Crippen molar-refractivity contribution in [1.82, 2.24) is 10.7 Å². The summed E-state index contributed by atoms with van der Waals surface area (Å²) >= 11 is 0. The summed E-state index contributed by atoms with van der Waals surface area (Å²) in [6.45, 7) is 0.715. The molecule has 1 rings (SSSR count). The quantitative estimate of drug-likeness (QED) is 0.231. The molecule has 0 saturated carbocycles. The molecule has 0 aromatic heterocycles. The van der Waals surface area contributed by atoms with Crippen molar-refractivity contribution in [3.05, 3.63) is 35.9 Å². The predicted octanol–water partition coefficient (Wildman–Crippen LogP) is 0.217. The van der Waals surface area contributed by atoms with Crippen molar-refractivity contribution in [1.29, 1.82) is 5.41 Å². The molecule has 0 radical (unpaired) electrons. The van der Waals surface area contributed by atoms with E-state index in [9.17, 15) is 0 Å². The van der Waals surface area contributed by atoms with Crippen LogP contribution >= 0.6 is 0 Å². The van der Waals surface area contributed by atoms with E-state index in [1.165, 1.54) is 5.56 Å².